The number of aromatic nitrogens is 1. The van der Waals surface area contributed by atoms with Crippen molar-refractivity contribution in [1.82, 2.24) is 9.88 Å². The number of hydrogen-bond acceptors (Lipinski definition) is 5. The summed E-state index contributed by atoms with van der Waals surface area (Å²) in [6, 6.07) is 28.2. The fraction of sp³-hybridized carbons (Fsp3) is 0.214. The van der Waals surface area contributed by atoms with Gasteiger partial charge in [-0.2, -0.15) is 0 Å². The third-order valence-corrected chi connectivity index (χ3v) is 7.10. The molecule has 0 unspecified atom stereocenters. The molecule has 6 heteroatoms. The van der Waals surface area contributed by atoms with Gasteiger partial charge in [-0.15, -0.1) is 11.8 Å². The number of hydrogen-bond donors (Lipinski definition) is 0. The van der Waals surface area contributed by atoms with Crippen LogP contribution < -0.4 is 4.90 Å². The molecular formula is C28H27N3O2S. The van der Waals surface area contributed by atoms with Gasteiger partial charge < -0.3 is 14.2 Å². The van der Waals surface area contributed by atoms with E-state index in [1.807, 2.05) is 60.4 Å². The van der Waals surface area contributed by atoms with Gasteiger partial charge in [-0.3, -0.25) is 4.79 Å². The molecule has 1 saturated heterocycles. The minimum atomic E-state index is 0.0720. The first kappa shape index (κ1) is 22.3. The summed E-state index contributed by atoms with van der Waals surface area (Å²) in [5.74, 6) is 2.25. The number of amides is 1. The molecule has 1 aliphatic heterocycles. The SMILES string of the molecule is Cc1oc(-c2ccc(C(=O)N3CCN(c4ccccc4)CC3)cc2)nc1CSc1ccccc1. The van der Waals surface area contributed by atoms with Crippen molar-refractivity contribution in [1.29, 1.82) is 0 Å². The number of thioether (sulfide) groups is 1. The van der Waals surface area contributed by atoms with Gasteiger partial charge in [0.25, 0.3) is 5.91 Å². The average molecular weight is 470 g/mol. The number of anilines is 1. The van der Waals surface area contributed by atoms with Crippen molar-refractivity contribution < 1.29 is 9.21 Å². The van der Waals surface area contributed by atoms with E-state index in [1.165, 1.54) is 10.6 Å². The second-order valence-corrected chi connectivity index (χ2v) is 9.36. The Morgan fingerprint density at radius 3 is 2.21 bits per heavy atom. The molecule has 1 aromatic heterocycles. The van der Waals surface area contributed by atoms with Crippen molar-refractivity contribution in [3.05, 3.63) is 102 Å². The Hall–Kier alpha value is -3.51. The molecule has 0 atom stereocenters. The Morgan fingerprint density at radius 1 is 0.882 bits per heavy atom. The van der Waals surface area contributed by atoms with Crippen molar-refractivity contribution in [2.45, 2.75) is 17.6 Å². The highest BCUT2D eigenvalue weighted by Crippen LogP contribution is 2.28. The Balaban J connectivity index is 1.20. The quantitative estimate of drug-likeness (QED) is 0.329. The molecule has 0 spiro atoms. The fourth-order valence-corrected chi connectivity index (χ4v) is 5.02. The van der Waals surface area contributed by atoms with E-state index in [0.29, 0.717) is 11.5 Å². The third-order valence-electron chi connectivity index (χ3n) is 6.08. The molecule has 3 aromatic carbocycles. The van der Waals surface area contributed by atoms with Crippen LogP contribution in [0.15, 0.2) is 94.2 Å². The number of nitrogens with zero attached hydrogens (tertiary/aromatic N) is 3. The first-order valence-electron chi connectivity index (χ1n) is 11.5. The van der Waals surface area contributed by atoms with Crippen LogP contribution in [0.2, 0.25) is 0 Å². The number of oxazole rings is 1. The Kier molecular flexibility index (Phi) is 6.67. The van der Waals surface area contributed by atoms with Gasteiger partial charge in [0.2, 0.25) is 5.89 Å². The van der Waals surface area contributed by atoms with Crippen molar-refractivity contribution in [2.75, 3.05) is 31.1 Å². The van der Waals surface area contributed by atoms with Gasteiger partial charge in [-0.1, -0.05) is 36.4 Å². The average Bonchev–Trinajstić information content (AvgIpc) is 3.28. The summed E-state index contributed by atoms with van der Waals surface area (Å²) in [5, 5.41) is 0. The predicted octanol–water partition coefficient (Wildman–Crippen LogP) is 5.90. The van der Waals surface area contributed by atoms with Crippen molar-refractivity contribution >= 4 is 23.4 Å². The van der Waals surface area contributed by atoms with E-state index in [-0.39, 0.29) is 5.91 Å². The number of carbonyl (C=O) groups excluding carboxylic acids is 1. The maximum atomic E-state index is 13.0. The summed E-state index contributed by atoms with van der Waals surface area (Å²) in [5.41, 5.74) is 3.73. The van der Waals surface area contributed by atoms with Gasteiger partial charge in [0.05, 0.1) is 5.69 Å². The molecular weight excluding hydrogens is 442 g/mol. The first-order chi connectivity index (χ1) is 16.7. The topological polar surface area (TPSA) is 49.6 Å². The maximum absolute atomic E-state index is 13.0. The first-order valence-corrected chi connectivity index (χ1v) is 12.5. The lowest BCUT2D eigenvalue weighted by molar-refractivity contribution is 0.0747. The smallest absolute Gasteiger partial charge is 0.253 e. The monoisotopic (exact) mass is 469 g/mol. The highest BCUT2D eigenvalue weighted by molar-refractivity contribution is 7.98. The van der Waals surface area contributed by atoms with Crippen LogP contribution in [-0.4, -0.2) is 42.0 Å². The molecule has 0 saturated carbocycles. The van der Waals surface area contributed by atoms with E-state index in [1.54, 1.807) is 11.8 Å². The maximum Gasteiger partial charge on any atom is 0.253 e. The van der Waals surface area contributed by atoms with Gasteiger partial charge in [0.15, 0.2) is 0 Å². The number of carbonyl (C=O) groups is 1. The van der Waals surface area contributed by atoms with E-state index in [0.717, 1.165) is 48.9 Å². The molecule has 1 aliphatic rings. The second kappa shape index (κ2) is 10.2. The molecule has 172 valence electrons. The van der Waals surface area contributed by atoms with Crippen molar-refractivity contribution in [2.24, 2.45) is 0 Å². The molecule has 5 nitrogen and oxygen atoms in total. The van der Waals surface area contributed by atoms with Gasteiger partial charge in [-0.25, -0.2) is 4.98 Å². The molecule has 1 amide bonds. The second-order valence-electron chi connectivity index (χ2n) is 8.32. The number of aryl methyl sites for hydroxylation is 1. The minimum absolute atomic E-state index is 0.0720. The molecule has 0 bridgehead atoms. The molecule has 0 N–H and O–H groups in total. The Labute approximate surface area is 204 Å². The van der Waals surface area contributed by atoms with Gasteiger partial charge in [0, 0.05) is 53.6 Å². The summed E-state index contributed by atoms with van der Waals surface area (Å²) >= 11 is 1.74. The van der Waals surface area contributed by atoms with E-state index in [4.69, 9.17) is 9.40 Å². The largest absolute Gasteiger partial charge is 0.441 e. The van der Waals surface area contributed by atoms with Crippen LogP contribution in [0, 0.1) is 6.92 Å². The molecule has 0 radical (unpaired) electrons. The highest BCUT2D eigenvalue weighted by atomic mass is 32.2. The number of piperazine rings is 1. The summed E-state index contributed by atoms with van der Waals surface area (Å²) in [6.07, 6.45) is 0. The normalized spacial score (nSPS) is 13.8. The Bertz CT molecular complexity index is 1230. The highest BCUT2D eigenvalue weighted by Gasteiger charge is 2.22. The summed E-state index contributed by atoms with van der Waals surface area (Å²) in [6.45, 7) is 5.07. The molecule has 34 heavy (non-hydrogen) atoms. The molecule has 2 heterocycles. The zero-order valence-corrected chi connectivity index (χ0v) is 20.0. The van der Waals surface area contributed by atoms with E-state index < -0.39 is 0 Å². The van der Waals surface area contributed by atoms with Crippen LogP contribution in [0.4, 0.5) is 5.69 Å². The summed E-state index contributed by atoms with van der Waals surface area (Å²) < 4.78 is 5.93. The standard InChI is InChI=1S/C28H27N3O2S/c1-21-26(20-34-25-10-6-3-7-11-25)29-27(33-21)22-12-14-23(15-13-22)28(32)31-18-16-30(17-19-31)24-8-4-2-5-9-24/h2-15H,16-20H2,1H3. The number of para-hydroxylation sites is 1. The van der Waals surface area contributed by atoms with Crippen LogP contribution >= 0.6 is 11.8 Å². The zero-order valence-electron chi connectivity index (χ0n) is 19.2. The van der Waals surface area contributed by atoms with Crippen LogP contribution in [0.5, 0.6) is 0 Å². The predicted molar refractivity (Wildman–Crippen MR) is 137 cm³/mol. The zero-order chi connectivity index (χ0) is 23.3. The van der Waals surface area contributed by atoms with Crippen LogP contribution in [-0.2, 0) is 5.75 Å². The van der Waals surface area contributed by atoms with Crippen LogP contribution in [0.25, 0.3) is 11.5 Å². The van der Waals surface area contributed by atoms with Crippen molar-refractivity contribution in [3.8, 4) is 11.5 Å². The van der Waals surface area contributed by atoms with Crippen molar-refractivity contribution in [3.63, 3.8) is 0 Å². The third kappa shape index (κ3) is 5.02. The van der Waals surface area contributed by atoms with E-state index >= 15 is 0 Å². The number of rotatable bonds is 6. The molecule has 4 aromatic rings. The fourth-order valence-electron chi connectivity index (χ4n) is 4.10. The minimum Gasteiger partial charge on any atom is -0.441 e. The van der Waals surface area contributed by atoms with E-state index in [2.05, 4.69) is 41.3 Å². The summed E-state index contributed by atoms with van der Waals surface area (Å²) in [7, 11) is 0. The lowest BCUT2D eigenvalue weighted by atomic mass is 10.1. The molecule has 1 fully saturated rings. The lowest BCUT2D eigenvalue weighted by Crippen LogP contribution is -2.48. The Morgan fingerprint density at radius 2 is 1.53 bits per heavy atom. The van der Waals surface area contributed by atoms with Gasteiger partial charge in [0.1, 0.15) is 5.76 Å². The van der Waals surface area contributed by atoms with Gasteiger partial charge in [-0.05, 0) is 55.5 Å². The summed E-state index contributed by atoms with van der Waals surface area (Å²) in [4.78, 5) is 23.2. The molecule has 5 rings (SSSR count). The van der Waals surface area contributed by atoms with Gasteiger partial charge >= 0.3 is 0 Å². The van der Waals surface area contributed by atoms with Crippen LogP contribution in [0.1, 0.15) is 21.8 Å². The molecule has 0 aliphatic carbocycles. The van der Waals surface area contributed by atoms with E-state index in [9.17, 15) is 4.79 Å². The lowest BCUT2D eigenvalue weighted by Gasteiger charge is -2.36. The van der Waals surface area contributed by atoms with Crippen LogP contribution in [0.3, 0.4) is 0 Å². The number of benzene rings is 3.